The van der Waals surface area contributed by atoms with E-state index in [0.717, 1.165) is 49.0 Å². The summed E-state index contributed by atoms with van der Waals surface area (Å²) in [6.07, 6.45) is 3.13. The number of carbonyl (C=O) groups excluding carboxylic acids is 2. The van der Waals surface area contributed by atoms with Crippen molar-refractivity contribution in [2.45, 2.75) is 39.7 Å². The Kier molecular flexibility index (Phi) is 5.22. The molecule has 0 aliphatic carbocycles. The maximum atomic E-state index is 14.2. The molecule has 0 aromatic heterocycles. The largest absolute Gasteiger partial charge is 0.366 e. The fourth-order valence-electron chi connectivity index (χ4n) is 4.25. The van der Waals surface area contributed by atoms with Gasteiger partial charge in [-0.05, 0) is 50.3 Å². The van der Waals surface area contributed by atoms with Gasteiger partial charge in [0.05, 0.1) is 12.1 Å². The number of aryl methyl sites for hydroxylation is 2. The van der Waals surface area contributed by atoms with Gasteiger partial charge in [0.15, 0.2) is 0 Å². The van der Waals surface area contributed by atoms with Crippen LogP contribution in [0.1, 0.15) is 41.5 Å². The summed E-state index contributed by atoms with van der Waals surface area (Å²) in [5.74, 6) is -1.08. The van der Waals surface area contributed by atoms with Crippen molar-refractivity contribution < 1.29 is 14.0 Å². The summed E-state index contributed by atoms with van der Waals surface area (Å²) >= 11 is 0. The van der Waals surface area contributed by atoms with E-state index in [0.29, 0.717) is 16.8 Å². The maximum Gasteiger partial charge on any atom is 0.278 e. The highest BCUT2D eigenvalue weighted by Crippen LogP contribution is 2.35. The number of hydrogen-bond acceptors (Lipinski definition) is 3. The Morgan fingerprint density at radius 2 is 1.66 bits per heavy atom. The zero-order chi connectivity index (χ0) is 20.5. The Morgan fingerprint density at radius 1 is 0.931 bits per heavy atom. The molecule has 0 saturated carbocycles. The molecule has 1 fully saturated rings. The third kappa shape index (κ3) is 3.57. The van der Waals surface area contributed by atoms with Crippen LogP contribution in [0.4, 0.5) is 4.39 Å². The van der Waals surface area contributed by atoms with Crippen molar-refractivity contribution in [2.75, 3.05) is 13.1 Å². The lowest BCUT2D eigenvalue weighted by Gasteiger charge is -2.29. The Bertz CT molecular complexity index is 1010. The van der Waals surface area contributed by atoms with Gasteiger partial charge in [0.1, 0.15) is 11.5 Å². The van der Waals surface area contributed by atoms with Gasteiger partial charge in [0, 0.05) is 18.7 Å². The van der Waals surface area contributed by atoms with E-state index in [1.165, 1.54) is 11.0 Å². The molecule has 2 aliphatic rings. The number of halogens is 1. The highest BCUT2D eigenvalue weighted by Gasteiger charge is 2.42. The molecule has 0 bridgehead atoms. The second-order valence-corrected chi connectivity index (χ2v) is 7.88. The first-order chi connectivity index (χ1) is 14.0. The Hall–Kier alpha value is -2.95. The predicted molar refractivity (Wildman–Crippen MR) is 110 cm³/mol. The maximum absolute atomic E-state index is 14.2. The van der Waals surface area contributed by atoms with Crippen LogP contribution in [0.2, 0.25) is 0 Å². The van der Waals surface area contributed by atoms with E-state index in [1.807, 2.05) is 36.9 Å². The van der Waals surface area contributed by atoms with Crippen molar-refractivity contribution in [1.29, 1.82) is 0 Å². The van der Waals surface area contributed by atoms with E-state index >= 15 is 0 Å². The van der Waals surface area contributed by atoms with E-state index in [4.69, 9.17) is 0 Å². The van der Waals surface area contributed by atoms with Gasteiger partial charge in [-0.3, -0.25) is 14.5 Å². The van der Waals surface area contributed by atoms with Crippen molar-refractivity contribution in [3.8, 4) is 0 Å². The van der Waals surface area contributed by atoms with Crippen LogP contribution in [0.25, 0.3) is 5.57 Å². The van der Waals surface area contributed by atoms with Crippen LogP contribution < -0.4 is 0 Å². The van der Waals surface area contributed by atoms with Crippen LogP contribution in [0.5, 0.6) is 0 Å². The van der Waals surface area contributed by atoms with Crippen molar-refractivity contribution in [3.05, 3.63) is 76.2 Å². The third-order valence-electron chi connectivity index (χ3n) is 5.75. The summed E-state index contributed by atoms with van der Waals surface area (Å²) in [7, 11) is 0. The average molecular weight is 392 g/mol. The average Bonchev–Trinajstić information content (AvgIpc) is 2.95. The number of benzene rings is 2. The second kappa shape index (κ2) is 7.82. The first-order valence-electron chi connectivity index (χ1n) is 10.1. The number of hydrogen-bond donors (Lipinski definition) is 0. The molecule has 0 radical (unpaired) electrons. The Labute approximate surface area is 170 Å². The van der Waals surface area contributed by atoms with Gasteiger partial charge in [0.2, 0.25) is 0 Å². The van der Waals surface area contributed by atoms with Crippen LogP contribution in [0, 0.1) is 19.7 Å². The number of likely N-dealkylation sites (tertiary alicyclic amines) is 1. The number of piperidine rings is 1. The fraction of sp³-hybridized carbons (Fsp3) is 0.333. The minimum atomic E-state index is -0.410. The van der Waals surface area contributed by atoms with Gasteiger partial charge in [0.25, 0.3) is 11.8 Å². The molecule has 2 aromatic carbocycles. The summed E-state index contributed by atoms with van der Waals surface area (Å²) in [5.41, 5.74) is 4.11. The minimum absolute atomic E-state index is 0.0594. The van der Waals surface area contributed by atoms with Gasteiger partial charge in [-0.15, -0.1) is 0 Å². The van der Waals surface area contributed by atoms with Gasteiger partial charge in [-0.25, -0.2) is 4.39 Å². The second-order valence-electron chi connectivity index (χ2n) is 7.88. The molecule has 2 heterocycles. The van der Waals surface area contributed by atoms with Crippen LogP contribution >= 0.6 is 0 Å². The lowest BCUT2D eigenvalue weighted by Crippen LogP contribution is -2.37. The molecule has 5 heteroatoms. The topological polar surface area (TPSA) is 40.6 Å². The van der Waals surface area contributed by atoms with E-state index in [2.05, 4.69) is 0 Å². The molecule has 2 amide bonds. The first-order valence-corrected chi connectivity index (χ1v) is 10.1. The number of nitrogens with zero attached hydrogens (tertiary/aromatic N) is 2. The van der Waals surface area contributed by atoms with Crippen molar-refractivity contribution in [2.24, 2.45) is 0 Å². The molecule has 1 saturated heterocycles. The van der Waals surface area contributed by atoms with Gasteiger partial charge in [-0.1, -0.05) is 42.0 Å². The number of carbonyl (C=O) groups is 2. The number of amides is 2. The predicted octanol–water partition coefficient (Wildman–Crippen LogP) is 4.21. The lowest BCUT2D eigenvalue weighted by molar-refractivity contribution is -0.138. The first kappa shape index (κ1) is 19.4. The molecule has 0 N–H and O–H groups in total. The molecule has 150 valence electrons. The molecular weight excluding hydrogens is 367 g/mol. The fourth-order valence-corrected chi connectivity index (χ4v) is 4.25. The SMILES string of the molecule is Cc1ccc(C2=C(N3CCCCC3)C(=O)N(Cc3ccccc3F)C2=O)c(C)c1. The van der Waals surface area contributed by atoms with Crippen LogP contribution in [-0.4, -0.2) is 34.7 Å². The minimum Gasteiger partial charge on any atom is -0.366 e. The van der Waals surface area contributed by atoms with Gasteiger partial charge < -0.3 is 4.90 Å². The van der Waals surface area contributed by atoms with Crippen molar-refractivity contribution in [3.63, 3.8) is 0 Å². The normalized spacial score (nSPS) is 17.5. The smallest absolute Gasteiger partial charge is 0.278 e. The van der Waals surface area contributed by atoms with Gasteiger partial charge >= 0.3 is 0 Å². The van der Waals surface area contributed by atoms with E-state index in [1.54, 1.807) is 18.2 Å². The lowest BCUT2D eigenvalue weighted by atomic mass is 9.97. The number of rotatable bonds is 4. The molecule has 4 rings (SSSR count). The summed E-state index contributed by atoms with van der Waals surface area (Å²) in [6, 6.07) is 12.2. The molecule has 29 heavy (non-hydrogen) atoms. The van der Waals surface area contributed by atoms with Crippen molar-refractivity contribution in [1.82, 2.24) is 9.80 Å². The molecule has 0 atom stereocenters. The summed E-state index contributed by atoms with van der Waals surface area (Å²) in [6.45, 7) is 5.42. The standard InChI is InChI=1S/C24H25FN2O2/c1-16-10-11-19(17(2)14-16)21-22(26-12-6-3-7-13-26)24(29)27(23(21)28)15-18-8-4-5-9-20(18)25/h4-5,8-11,14H,3,6-7,12-13,15H2,1-2H3. The summed E-state index contributed by atoms with van der Waals surface area (Å²) in [4.78, 5) is 30.0. The highest BCUT2D eigenvalue weighted by atomic mass is 19.1. The van der Waals surface area contributed by atoms with Crippen LogP contribution in [0.15, 0.2) is 48.2 Å². The van der Waals surface area contributed by atoms with E-state index in [9.17, 15) is 14.0 Å². The van der Waals surface area contributed by atoms with E-state index in [-0.39, 0.29) is 18.4 Å². The summed E-state index contributed by atoms with van der Waals surface area (Å²) in [5, 5.41) is 0. The molecule has 0 spiro atoms. The monoisotopic (exact) mass is 392 g/mol. The van der Waals surface area contributed by atoms with Crippen LogP contribution in [-0.2, 0) is 16.1 Å². The zero-order valence-electron chi connectivity index (χ0n) is 16.9. The molecule has 0 unspecified atom stereocenters. The zero-order valence-corrected chi connectivity index (χ0v) is 16.9. The Balaban J connectivity index is 1.78. The third-order valence-corrected chi connectivity index (χ3v) is 5.75. The highest BCUT2D eigenvalue weighted by molar-refractivity contribution is 6.35. The van der Waals surface area contributed by atoms with Crippen LogP contribution in [0.3, 0.4) is 0 Å². The molecule has 4 nitrogen and oxygen atoms in total. The molecule has 2 aromatic rings. The Morgan fingerprint density at radius 3 is 2.34 bits per heavy atom. The quantitative estimate of drug-likeness (QED) is 0.732. The number of imide groups is 1. The summed E-state index contributed by atoms with van der Waals surface area (Å²) < 4.78 is 14.2. The van der Waals surface area contributed by atoms with Crippen molar-refractivity contribution >= 4 is 17.4 Å². The molecule has 2 aliphatic heterocycles. The van der Waals surface area contributed by atoms with Gasteiger partial charge in [-0.2, -0.15) is 0 Å². The van der Waals surface area contributed by atoms with E-state index < -0.39 is 5.82 Å². The molecular formula is C24H25FN2O2.